The van der Waals surface area contributed by atoms with Crippen LogP contribution in [0.15, 0.2) is 6.33 Å². The predicted molar refractivity (Wildman–Crippen MR) is 59.0 cm³/mol. The van der Waals surface area contributed by atoms with Crippen molar-refractivity contribution in [3.63, 3.8) is 0 Å². The first-order valence-corrected chi connectivity index (χ1v) is 5.16. The standard InChI is InChI=1S/C10H15N3O4/c1-3-13(4-5-17-2)9(14)7-8(10(15)16)12-6-11-7/h6H,3-5H2,1-2H3,(H,11,12)(H,15,16). The smallest absolute Gasteiger partial charge is 0.354 e. The number of nitrogens with zero attached hydrogens (tertiary/aromatic N) is 2. The molecular weight excluding hydrogens is 226 g/mol. The van der Waals surface area contributed by atoms with Gasteiger partial charge in [0.05, 0.1) is 12.9 Å². The van der Waals surface area contributed by atoms with Gasteiger partial charge in [-0.15, -0.1) is 0 Å². The molecule has 2 N–H and O–H groups in total. The number of carboxylic acid groups (broad SMARTS) is 1. The van der Waals surface area contributed by atoms with E-state index in [0.717, 1.165) is 0 Å². The maximum absolute atomic E-state index is 12.0. The van der Waals surface area contributed by atoms with Gasteiger partial charge in [0, 0.05) is 20.2 Å². The number of likely N-dealkylation sites (N-methyl/N-ethyl adjacent to an activating group) is 1. The van der Waals surface area contributed by atoms with Crippen molar-refractivity contribution in [3.8, 4) is 0 Å². The van der Waals surface area contributed by atoms with Gasteiger partial charge in [-0.05, 0) is 6.92 Å². The van der Waals surface area contributed by atoms with E-state index < -0.39 is 11.9 Å². The Morgan fingerprint density at radius 2 is 2.29 bits per heavy atom. The van der Waals surface area contributed by atoms with Crippen LogP contribution in [0.1, 0.15) is 27.9 Å². The number of H-pyrrole nitrogens is 1. The van der Waals surface area contributed by atoms with E-state index in [2.05, 4.69) is 9.97 Å². The second-order valence-electron chi connectivity index (χ2n) is 3.31. The van der Waals surface area contributed by atoms with Gasteiger partial charge in [0.1, 0.15) is 0 Å². The van der Waals surface area contributed by atoms with Crippen LogP contribution in [0.4, 0.5) is 0 Å². The van der Waals surface area contributed by atoms with Crippen LogP contribution in [0.5, 0.6) is 0 Å². The van der Waals surface area contributed by atoms with Crippen LogP contribution in [0, 0.1) is 0 Å². The Balaban J connectivity index is 2.86. The number of imidazole rings is 1. The van der Waals surface area contributed by atoms with Crippen LogP contribution in [-0.4, -0.2) is 58.7 Å². The van der Waals surface area contributed by atoms with Crippen molar-refractivity contribution >= 4 is 11.9 Å². The molecule has 1 amide bonds. The summed E-state index contributed by atoms with van der Waals surface area (Å²) in [6.45, 7) is 3.07. The highest BCUT2D eigenvalue weighted by Gasteiger charge is 2.23. The molecule has 0 unspecified atom stereocenters. The van der Waals surface area contributed by atoms with Gasteiger partial charge in [-0.2, -0.15) is 0 Å². The molecule has 94 valence electrons. The Bertz CT molecular complexity index is 402. The average molecular weight is 241 g/mol. The van der Waals surface area contributed by atoms with Gasteiger partial charge in [-0.1, -0.05) is 0 Å². The first-order valence-electron chi connectivity index (χ1n) is 5.16. The normalized spacial score (nSPS) is 10.2. The number of nitrogens with one attached hydrogen (secondary N) is 1. The van der Waals surface area contributed by atoms with Crippen molar-refractivity contribution in [2.75, 3.05) is 26.8 Å². The number of ether oxygens (including phenoxy) is 1. The minimum atomic E-state index is -1.20. The van der Waals surface area contributed by atoms with Crippen molar-refractivity contribution in [1.29, 1.82) is 0 Å². The molecule has 1 rings (SSSR count). The van der Waals surface area contributed by atoms with E-state index in [-0.39, 0.29) is 11.4 Å². The van der Waals surface area contributed by atoms with Crippen LogP contribution in [-0.2, 0) is 4.74 Å². The molecular formula is C10H15N3O4. The van der Waals surface area contributed by atoms with Crippen LogP contribution >= 0.6 is 0 Å². The van der Waals surface area contributed by atoms with Crippen molar-refractivity contribution in [3.05, 3.63) is 17.7 Å². The van der Waals surface area contributed by atoms with Gasteiger partial charge < -0.3 is 19.7 Å². The van der Waals surface area contributed by atoms with E-state index in [4.69, 9.17) is 9.84 Å². The fraction of sp³-hybridized carbons (Fsp3) is 0.500. The van der Waals surface area contributed by atoms with Gasteiger partial charge >= 0.3 is 5.97 Å². The maximum Gasteiger partial charge on any atom is 0.354 e. The molecule has 0 aromatic carbocycles. The summed E-state index contributed by atoms with van der Waals surface area (Å²) in [5.41, 5.74) is -0.263. The highest BCUT2D eigenvalue weighted by Crippen LogP contribution is 2.07. The molecule has 1 heterocycles. The number of carbonyl (C=O) groups is 2. The van der Waals surface area contributed by atoms with Gasteiger partial charge in [0.15, 0.2) is 11.4 Å². The molecule has 0 atom stereocenters. The van der Waals surface area contributed by atoms with Crippen LogP contribution in [0.2, 0.25) is 0 Å². The molecule has 0 saturated carbocycles. The first-order chi connectivity index (χ1) is 8.11. The molecule has 0 saturated heterocycles. The minimum absolute atomic E-state index is 0.0737. The Hall–Kier alpha value is -1.89. The largest absolute Gasteiger partial charge is 0.477 e. The molecule has 0 fully saturated rings. The summed E-state index contributed by atoms with van der Waals surface area (Å²) in [5.74, 6) is -1.61. The molecule has 0 aliphatic carbocycles. The third kappa shape index (κ3) is 3.04. The molecule has 7 nitrogen and oxygen atoms in total. The molecule has 1 aromatic heterocycles. The van der Waals surface area contributed by atoms with Gasteiger partial charge in [0.2, 0.25) is 0 Å². The third-order valence-corrected chi connectivity index (χ3v) is 2.29. The summed E-state index contributed by atoms with van der Waals surface area (Å²) in [7, 11) is 1.54. The minimum Gasteiger partial charge on any atom is -0.477 e. The molecule has 0 spiro atoms. The summed E-state index contributed by atoms with van der Waals surface area (Å²) in [6, 6.07) is 0. The number of aromatic carboxylic acids is 1. The summed E-state index contributed by atoms with van der Waals surface area (Å²) >= 11 is 0. The lowest BCUT2D eigenvalue weighted by Gasteiger charge is -2.19. The second kappa shape index (κ2) is 6.00. The monoisotopic (exact) mass is 241 g/mol. The Morgan fingerprint density at radius 1 is 1.59 bits per heavy atom. The Morgan fingerprint density at radius 3 is 2.82 bits per heavy atom. The lowest BCUT2D eigenvalue weighted by Crippen LogP contribution is -2.34. The van der Waals surface area contributed by atoms with Crippen molar-refractivity contribution < 1.29 is 19.4 Å². The summed E-state index contributed by atoms with van der Waals surface area (Å²) in [5, 5.41) is 8.87. The van der Waals surface area contributed by atoms with Gasteiger partial charge in [0.25, 0.3) is 5.91 Å². The van der Waals surface area contributed by atoms with E-state index in [1.807, 2.05) is 0 Å². The van der Waals surface area contributed by atoms with Crippen LogP contribution in [0.25, 0.3) is 0 Å². The van der Waals surface area contributed by atoms with Gasteiger partial charge in [-0.3, -0.25) is 4.79 Å². The van der Waals surface area contributed by atoms with E-state index in [1.165, 1.54) is 18.3 Å². The number of aromatic nitrogens is 2. The Labute approximate surface area is 98.4 Å². The van der Waals surface area contributed by atoms with E-state index in [9.17, 15) is 9.59 Å². The van der Waals surface area contributed by atoms with Crippen molar-refractivity contribution in [2.45, 2.75) is 6.92 Å². The quantitative estimate of drug-likeness (QED) is 0.742. The number of methoxy groups -OCH3 is 1. The predicted octanol–water partition coefficient (Wildman–Crippen LogP) is 0.216. The molecule has 1 aromatic rings. The summed E-state index contributed by atoms with van der Waals surface area (Å²) in [4.78, 5) is 30.5. The first kappa shape index (κ1) is 13.2. The van der Waals surface area contributed by atoms with E-state index in [0.29, 0.717) is 19.7 Å². The summed E-state index contributed by atoms with van der Waals surface area (Å²) in [6.07, 6.45) is 1.20. The second-order valence-corrected chi connectivity index (χ2v) is 3.31. The number of amides is 1. The van der Waals surface area contributed by atoms with Gasteiger partial charge in [-0.25, -0.2) is 9.78 Å². The van der Waals surface area contributed by atoms with Crippen LogP contribution < -0.4 is 0 Å². The van der Waals surface area contributed by atoms with Crippen LogP contribution in [0.3, 0.4) is 0 Å². The molecule has 0 aliphatic heterocycles. The number of aromatic amines is 1. The number of carbonyl (C=O) groups excluding carboxylic acids is 1. The van der Waals surface area contributed by atoms with E-state index >= 15 is 0 Å². The Kier molecular flexibility index (Phi) is 4.65. The molecule has 17 heavy (non-hydrogen) atoms. The molecule has 0 bridgehead atoms. The SMILES string of the molecule is CCN(CCOC)C(=O)c1nc[nH]c1C(=O)O. The average Bonchev–Trinajstić information content (AvgIpc) is 2.78. The lowest BCUT2D eigenvalue weighted by atomic mass is 10.3. The molecule has 0 aliphatic rings. The third-order valence-electron chi connectivity index (χ3n) is 2.29. The topological polar surface area (TPSA) is 95.5 Å². The fourth-order valence-corrected chi connectivity index (χ4v) is 1.37. The zero-order chi connectivity index (χ0) is 12.8. The molecule has 7 heteroatoms. The highest BCUT2D eigenvalue weighted by molar-refractivity contribution is 6.02. The fourth-order valence-electron chi connectivity index (χ4n) is 1.37. The van der Waals surface area contributed by atoms with Crippen molar-refractivity contribution in [1.82, 2.24) is 14.9 Å². The summed E-state index contributed by atoms with van der Waals surface area (Å²) < 4.78 is 4.88. The maximum atomic E-state index is 12.0. The lowest BCUT2D eigenvalue weighted by molar-refractivity contribution is 0.0654. The van der Waals surface area contributed by atoms with Crippen molar-refractivity contribution in [2.24, 2.45) is 0 Å². The zero-order valence-electron chi connectivity index (χ0n) is 9.77. The zero-order valence-corrected chi connectivity index (χ0v) is 9.77. The van der Waals surface area contributed by atoms with E-state index in [1.54, 1.807) is 6.92 Å². The number of rotatable bonds is 6. The molecule has 0 radical (unpaired) electrons. The number of hydrogen-bond donors (Lipinski definition) is 2. The number of hydrogen-bond acceptors (Lipinski definition) is 4. The highest BCUT2D eigenvalue weighted by atomic mass is 16.5. The number of carboxylic acids is 1.